The maximum Gasteiger partial charge on any atom is 0.264 e. The van der Waals surface area contributed by atoms with E-state index in [0.717, 1.165) is 5.56 Å². The Morgan fingerprint density at radius 1 is 1.06 bits per heavy atom. The molecule has 7 nitrogen and oxygen atoms in total. The monoisotopic (exact) mass is 461 g/mol. The van der Waals surface area contributed by atoms with Crippen molar-refractivity contribution in [1.82, 2.24) is 4.98 Å². The first-order chi connectivity index (χ1) is 15.8. The number of rotatable bonds is 5. The van der Waals surface area contributed by atoms with Gasteiger partial charge in [0.2, 0.25) is 0 Å². The molecule has 168 valence electrons. The molecule has 8 heteroatoms. The van der Waals surface area contributed by atoms with E-state index in [-0.39, 0.29) is 16.4 Å². The number of sulfonamides is 1. The fourth-order valence-corrected chi connectivity index (χ4v) is 5.51. The summed E-state index contributed by atoms with van der Waals surface area (Å²) in [5.41, 5.74) is 3.80. The smallest absolute Gasteiger partial charge is 0.264 e. The van der Waals surface area contributed by atoms with Crippen LogP contribution in [0, 0.1) is 0 Å². The largest absolute Gasteiger partial charge is 0.440 e. The van der Waals surface area contributed by atoms with Crippen LogP contribution in [0.2, 0.25) is 0 Å². The standard InChI is InChI=1S/C25H23N3O4S/c1-16(2)25-27-21-15-19(10-11-23(21)32-25)26-24(29)18-7-5-8-20(14-18)33(30,31)28-13-12-17-6-3-4-9-22(17)28/h3-11,14-16H,12-13H2,1-2H3,(H,26,29). The summed E-state index contributed by atoms with van der Waals surface area (Å²) in [5, 5.41) is 2.82. The molecule has 0 saturated heterocycles. The van der Waals surface area contributed by atoms with E-state index in [4.69, 9.17) is 4.42 Å². The predicted molar refractivity (Wildman–Crippen MR) is 127 cm³/mol. The van der Waals surface area contributed by atoms with Crippen molar-refractivity contribution in [1.29, 1.82) is 0 Å². The number of nitrogens with zero attached hydrogens (tertiary/aromatic N) is 2. The Bertz CT molecular complexity index is 1470. The number of hydrogen-bond acceptors (Lipinski definition) is 5. The maximum atomic E-state index is 13.3. The Hall–Kier alpha value is -3.65. The molecule has 0 fully saturated rings. The number of carbonyl (C=O) groups excluding carboxylic acids is 1. The second-order valence-electron chi connectivity index (χ2n) is 8.33. The number of anilines is 2. The van der Waals surface area contributed by atoms with Crippen molar-refractivity contribution in [3.8, 4) is 0 Å². The van der Waals surface area contributed by atoms with Crippen LogP contribution in [-0.4, -0.2) is 25.9 Å². The minimum atomic E-state index is -3.78. The lowest BCUT2D eigenvalue weighted by Gasteiger charge is -2.20. The minimum Gasteiger partial charge on any atom is -0.440 e. The molecule has 1 aliphatic heterocycles. The molecule has 0 atom stereocenters. The van der Waals surface area contributed by atoms with Crippen LogP contribution in [0.3, 0.4) is 0 Å². The first-order valence-electron chi connectivity index (χ1n) is 10.8. The van der Waals surface area contributed by atoms with Crippen LogP contribution in [0.1, 0.15) is 41.6 Å². The third-order valence-corrected chi connectivity index (χ3v) is 7.49. The van der Waals surface area contributed by atoms with Crippen LogP contribution in [0.5, 0.6) is 0 Å². The molecule has 0 saturated carbocycles. The van der Waals surface area contributed by atoms with Gasteiger partial charge in [0.1, 0.15) is 5.52 Å². The molecular formula is C25H23N3O4S. The van der Waals surface area contributed by atoms with Crippen LogP contribution < -0.4 is 9.62 Å². The van der Waals surface area contributed by atoms with E-state index in [0.29, 0.717) is 41.3 Å². The highest BCUT2D eigenvalue weighted by Gasteiger charge is 2.31. The first kappa shape index (κ1) is 21.2. The van der Waals surface area contributed by atoms with E-state index in [1.807, 2.05) is 32.0 Å². The number of hydrogen-bond donors (Lipinski definition) is 1. The fourth-order valence-electron chi connectivity index (χ4n) is 3.96. The molecule has 1 aliphatic rings. The quantitative estimate of drug-likeness (QED) is 0.454. The number of benzene rings is 3. The topological polar surface area (TPSA) is 92.5 Å². The highest BCUT2D eigenvalue weighted by molar-refractivity contribution is 7.92. The summed E-state index contributed by atoms with van der Waals surface area (Å²) in [6, 6.07) is 18.8. The van der Waals surface area contributed by atoms with Crippen LogP contribution in [0.25, 0.3) is 11.1 Å². The lowest BCUT2D eigenvalue weighted by atomic mass is 10.2. The SMILES string of the molecule is CC(C)c1nc2cc(NC(=O)c3cccc(S(=O)(=O)N4CCc5ccccc54)c3)ccc2o1. The summed E-state index contributed by atoms with van der Waals surface area (Å²) in [4.78, 5) is 17.4. The van der Waals surface area contributed by atoms with E-state index < -0.39 is 15.9 Å². The van der Waals surface area contributed by atoms with E-state index >= 15 is 0 Å². The molecule has 3 aromatic carbocycles. The van der Waals surface area contributed by atoms with Crippen molar-refractivity contribution in [2.45, 2.75) is 31.1 Å². The van der Waals surface area contributed by atoms with Gasteiger partial charge >= 0.3 is 0 Å². The summed E-state index contributed by atoms with van der Waals surface area (Å²) < 4.78 is 33.7. The molecule has 4 aromatic rings. The Labute approximate surface area is 192 Å². The van der Waals surface area contributed by atoms with Gasteiger partial charge in [0, 0.05) is 23.7 Å². The number of amides is 1. The molecule has 1 amide bonds. The Balaban J connectivity index is 1.40. The van der Waals surface area contributed by atoms with E-state index in [1.165, 1.54) is 16.4 Å². The summed E-state index contributed by atoms with van der Waals surface area (Å²) in [5.74, 6) is 0.387. The van der Waals surface area contributed by atoms with Gasteiger partial charge in [0.25, 0.3) is 15.9 Å². The molecule has 33 heavy (non-hydrogen) atoms. The number of para-hydroxylation sites is 1. The summed E-state index contributed by atoms with van der Waals surface area (Å²) in [6.45, 7) is 4.37. The van der Waals surface area contributed by atoms with Gasteiger partial charge in [0.15, 0.2) is 11.5 Å². The van der Waals surface area contributed by atoms with Gasteiger partial charge in [-0.3, -0.25) is 9.10 Å². The minimum absolute atomic E-state index is 0.0837. The average molecular weight is 462 g/mol. The van der Waals surface area contributed by atoms with Gasteiger partial charge in [-0.15, -0.1) is 0 Å². The van der Waals surface area contributed by atoms with E-state index in [2.05, 4.69) is 10.3 Å². The molecule has 5 rings (SSSR count). The van der Waals surface area contributed by atoms with Gasteiger partial charge in [-0.2, -0.15) is 0 Å². The first-order valence-corrected chi connectivity index (χ1v) is 12.2. The maximum absolute atomic E-state index is 13.3. The number of carbonyl (C=O) groups is 1. The highest BCUT2D eigenvalue weighted by Crippen LogP contribution is 2.33. The van der Waals surface area contributed by atoms with E-state index in [9.17, 15) is 13.2 Å². The molecule has 0 bridgehead atoms. The second kappa shape index (κ2) is 8.04. The zero-order valence-electron chi connectivity index (χ0n) is 18.3. The lowest BCUT2D eigenvalue weighted by molar-refractivity contribution is 0.102. The summed E-state index contributed by atoms with van der Waals surface area (Å²) in [6.07, 6.45) is 0.665. The fraction of sp³-hybridized carbons (Fsp3) is 0.200. The molecule has 0 spiro atoms. The second-order valence-corrected chi connectivity index (χ2v) is 10.2. The number of aromatic nitrogens is 1. The van der Waals surface area contributed by atoms with E-state index in [1.54, 1.807) is 36.4 Å². The normalized spacial score (nSPS) is 13.5. The average Bonchev–Trinajstić information content (AvgIpc) is 3.43. The van der Waals surface area contributed by atoms with Gasteiger partial charge < -0.3 is 9.73 Å². The Morgan fingerprint density at radius 2 is 1.88 bits per heavy atom. The molecule has 2 heterocycles. The van der Waals surface area contributed by atoms with Crippen LogP contribution in [-0.2, 0) is 16.4 Å². The van der Waals surface area contributed by atoms with Crippen LogP contribution in [0.15, 0.2) is 76.0 Å². The Kier molecular flexibility index (Phi) is 5.17. The third-order valence-electron chi connectivity index (χ3n) is 5.68. The number of nitrogens with one attached hydrogen (secondary N) is 1. The molecule has 1 N–H and O–H groups in total. The molecule has 1 aromatic heterocycles. The molecular weight excluding hydrogens is 438 g/mol. The van der Waals surface area contributed by atoms with Crippen molar-refractivity contribution >= 4 is 38.4 Å². The third kappa shape index (κ3) is 3.87. The van der Waals surface area contributed by atoms with Crippen molar-refractivity contribution in [3.05, 3.63) is 83.7 Å². The van der Waals surface area contributed by atoms with Gasteiger partial charge in [-0.05, 0) is 54.4 Å². The van der Waals surface area contributed by atoms with Crippen molar-refractivity contribution < 1.29 is 17.6 Å². The predicted octanol–water partition coefficient (Wildman–Crippen LogP) is 4.95. The van der Waals surface area contributed by atoms with Gasteiger partial charge in [-0.1, -0.05) is 38.1 Å². The lowest BCUT2D eigenvalue weighted by Crippen LogP contribution is -2.29. The van der Waals surface area contributed by atoms with Crippen molar-refractivity contribution in [2.75, 3.05) is 16.2 Å². The van der Waals surface area contributed by atoms with Crippen molar-refractivity contribution in [2.24, 2.45) is 0 Å². The Morgan fingerprint density at radius 3 is 2.70 bits per heavy atom. The summed E-state index contributed by atoms with van der Waals surface area (Å²) >= 11 is 0. The molecule has 0 radical (unpaired) electrons. The van der Waals surface area contributed by atoms with Crippen molar-refractivity contribution in [3.63, 3.8) is 0 Å². The molecule has 0 unspecified atom stereocenters. The highest BCUT2D eigenvalue weighted by atomic mass is 32.2. The number of oxazole rings is 1. The molecule has 0 aliphatic carbocycles. The zero-order valence-corrected chi connectivity index (χ0v) is 19.1. The summed E-state index contributed by atoms with van der Waals surface area (Å²) in [7, 11) is -3.78. The zero-order chi connectivity index (χ0) is 23.2. The van der Waals surface area contributed by atoms with Gasteiger partial charge in [0.05, 0.1) is 10.6 Å². The van der Waals surface area contributed by atoms with Crippen LogP contribution >= 0.6 is 0 Å². The number of fused-ring (bicyclic) bond motifs is 2. The van der Waals surface area contributed by atoms with Crippen LogP contribution in [0.4, 0.5) is 11.4 Å². The van der Waals surface area contributed by atoms with Gasteiger partial charge in [-0.25, -0.2) is 13.4 Å².